The van der Waals surface area contributed by atoms with E-state index in [1.165, 1.54) is 4.90 Å². The number of hydrogen-bond donors (Lipinski definition) is 1. The van der Waals surface area contributed by atoms with E-state index in [-0.39, 0.29) is 30.9 Å². The molecule has 0 radical (unpaired) electrons. The molecule has 33 heavy (non-hydrogen) atoms. The minimum absolute atomic E-state index is 0.199. The Morgan fingerprint density at radius 1 is 1.18 bits per heavy atom. The monoisotopic (exact) mass is 460 g/mol. The van der Waals surface area contributed by atoms with Crippen molar-refractivity contribution in [3.8, 4) is 0 Å². The van der Waals surface area contributed by atoms with Gasteiger partial charge in [0.25, 0.3) is 0 Å². The van der Waals surface area contributed by atoms with E-state index in [9.17, 15) is 19.5 Å². The van der Waals surface area contributed by atoms with Crippen LogP contribution >= 0.6 is 0 Å². The Kier molecular flexibility index (Phi) is 6.20. The molecule has 4 aliphatic rings. The molecule has 0 aliphatic carbocycles. The van der Waals surface area contributed by atoms with E-state index >= 15 is 0 Å². The fourth-order valence-electron chi connectivity index (χ4n) is 5.86. The van der Waals surface area contributed by atoms with E-state index in [0.29, 0.717) is 19.4 Å². The van der Waals surface area contributed by atoms with Crippen LogP contribution in [0.3, 0.4) is 0 Å². The maximum atomic E-state index is 14.1. The molecule has 0 saturated carbocycles. The van der Waals surface area contributed by atoms with Gasteiger partial charge in [0.15, 0.2) is 0 Å². The predicted molar refractivity (Wildman–Crippen MR) is 121 cm³/mol. The van der Waals surface area contributed by atoms with Gasteiger partial charge in [0.1, 0.15) is 17.6 Å². The third kappa shape index (κ3) is 3.81. The van der Waals surface area contributed by atoms with Gasteiger partial charge in [-0.3, -0.25) is 14.4 Å². The van der Waals surface area contributed by atoms with E-state index in [1.807, 2.05) is 58.9 Å². The number of rotatable bonds is 4. The summed E-state index contributed by atoms with van der Waals surface area (Å²) in [5.74, 6) is -2.54. The van der Waals surface area contributed by atoms with Crippen LogP contribution in [0.4, 0.5) is 0 Å². The Morgan fingerprint density at radius 3 is 2.55 bits per heavy atom. The summed E-state index contributed by atoms with van der Waals surface area (Å²) >= 11 is 0. The van der Waals surface area contributed by atoms with Crippen LogP contribution in [0.2, 0.25) is 0 Å². The van der Waals surface area contributed by atoms with E-state index in [1.54, 1.807) is 4.90 Å². The number of aliphatic hydroxyl groups is 1. The van der Waals surface area contributed by atoms with Crippen molar-refractivity contribution in [1.29, 1.82) is 0 Å². The smallest absolute Gasteiger partial charge is 0.312 e. The second-order valence-corrected chi connectivity index (χ2v) is 11.0. The lowest BCUT2D eigenvalue weighted by Gasteiger charge is -2.42. The van der Waals surface area contributed by atoms with Crippen LogP contribution in [0.25, 0.3) is 0 Å². The van der Waals surface area contributed by atoms with Crippen LogP contribution in [-0.2, 0) is 23.9 Å². The average Bonchev–Trinajstić information content (AvgIpc) is 3.09. The Morgan fingerprint density at radius 2 is 1.91 bits per heavy atom. The van der Waals surface area contributed by atoms with Crippen molar-refractivity contribution in [1.82, 2.24) is 9.80 Å². The number of hydrogen-bond acceptors (Lipinski definition) is 6. The molecule has 1 N–H and O–H groups in total. The van der Waals surface area contributed by atoms with Crippen molar-refractivity contribution in [2.24, 2.45) is 17.8 Å². The number of likely N-dealkylation sites (tertiary alicyclic amines) is 1. The summed E-state index contributed by atoms with van der Waals surface area (Å²) in [6.07, 6.45) is 7.89. The second kappa shape index (κ2) is 8.55. The van der Waals surface area contributed by atoms with Crippen molar-refractivity contribution < 1.29 is 29.0 Å². The standard InChI is InChI=1S/C25H36N2O6/c1-15(2)13-16(14-28)27-20-22(30)26(24(3,4)5)11-8-10-25(20)19(21(27)29)18-17(33-25)9-6-7-12-32-23(18)31/h6,8-10,15-20,28H,7,11-14H2,1-5H3/t16-,17+,18-,19+,20?,25+/m1/s1. The Balaban J connectivity index is 1.87. The van der Waals surface area contributed by atoms with Crippen molar-refractivity contribution >= 4 is 17.8 Å². The lowest BCUT2D eigenvalue weighted by atomic mass is 9.77. The summed E-state index contributed by atoms with van der Waals surface area (Å²) in [6, 6.07) is -1.51. The number of nitrogens with zero attached hydrogens (tertiary/aromatic N) is 2. The maximum absolute atomic E-state index is 14.1. The molecule has 182 valence electrons. The molecule has 0 aromatic rings. The molecule has 4 rings (SSSR count). The zero-order chi connectivity index (χ0) is 24.1. The fraction of sp³-hybridized carbons (Fsp3) is 0.720. The van der Waals surface area contributed by atoms with E-state index in [4.69, 9.17) is 9.47 Å². The molecule has 0 aromatic heterocycles. The van der Waals surface area contributed by atoms with Gasteiger partial charge < -0.3 is 24.4 Å². The SMILES string of the molecule is CC(C)C[C@H](CO)N1C(=O)[C@@H]2[C@@H]3C(=O)OCCC=C[C@@H]3O[C@@]23C=CCN(C(C)(C)C)C(=O)C13. The molecule has 2 saturated heterocycles. The molecule has 0 bridgehead atoms. The lowest BCUT2D eigenvalue weighted by molar-refractivity contribution is -0.157. The summed E-state index contributed by atoms with van der Waals surface area (Å²) in [5, 5.41) is 10.3. The van der Waals surface area contributed by atoms with Crippen molar-refractivity contribution in [3.05, 3.63) is 24.3 Å². The minimum Gasteiger partial charge on any atom is -0.465 e. The summed E-state index contributed by atoms with van der Waals surface area (Å²) < 4.78 is 12.0. The maximum Gasteiger partial charge on any atom is 0.312 e. The summed E-state index contributed by atoms with van der Waals surface area (Å²) in [5.41, 5.74) is -1.77. The van der Waals surface area contributed by atoms with Crippen molar-refractivity contribution in [2.75, 3.05) is 19.8 Å². The van der Waals surface area contributed by atoms with Crippen LogP contribution in [0.15, 0.2) is 24.3 Å². The van der Waals surface area contributed by atoms with Gasteiger partial charge in [0, 0.05) is 12.1 Å². The lowest BCUT2D eigenvalue weighted by Crippen LogP contribution is -2.60. The van der Waals surface area contributed by atoms with Gasteiger partial charge in [-0.2, -0.15) is 0 Å². The first-order valence-electron chi connectivity index (χ1n) is 12.0. The summed E-state index contributed by atoms with van der Waals surface area (Å²) in [7, 11) is 0. The first-order valence-corrected chi connectivity index (χ1v) is 12.0. The molecule has 1 spiro atoms. The van der Waals surface area contributed by atoms with E-state index < -0.39 is 47.1 Å². The Bertz CT molecular complexity index is 875. The molecule has 2 fully saturated rings. The highest BCUT2D eigenvalue weighted by atomic mass is 16.6. The molecule has 4 aliphatic heterocycles. The molecule has 6 atom stereocenters. The van der Waals surface area contributed by atoms with Crippen molar-refractivity contribution in [3.63, 3.8) is 0 Å². The quantitative estimate of drug-likeness (QED) is 0.507. The van der Waals surface area contributed by atoms with Crippen LogP contribution in [0, 0.1) is 17.8 Å². The molecule has 0 aromatic carbocycles. The summed E-state index contributed by atoms with van der Waals surface area (Å²) in [6.45, 7) is 10.2. The number of carbonyl (C=O) groups is 3. The number of cyclic esters (lactones) is 1. The van der Waals surface area contributed by atoms with Gasteiger partial charge in [-0.25, -0.2) is 0 Å². The zero-order valence-electron chi connectivity index (χ0n) is 20.2. The number of carbonyl (C=O) groups excluding carboxylic acids is 3. The van der Waals surface area contributed by atoms with Gasteiger partial charge in [-0.05, 0) is 39.5 Å². The second-order valence-electron chi connectivity index (χ2n) is 11.0. The van der Waals surface area contributed by atoms with Gasteiger partial charge >= 0.3 is 5.97 Å². The Labute approximate surface area is 195 Å². The topological polar surface area (TPSA) is 96.4 Å². The molecular weight excluding hydrogens is 424 g/mol. The van der Waals surface area contributed by atoms with Crippen LogP contribution in [0.5, 0.6) is 0 Å². The number of amides is 2. The van der Waals surface area contributed by atoms with Crippen LogP contribution in [-0.4, -0.2) is 81.8 Å². The average molecular weight is 461 g/mol. The molecule has 2 amide bonds. The molecule has 4 heterocycles. The number of fused-ring (bicyclic) bond motifs is 2. The van der Waals surface area contributed by atoms with Gasteiger partial charge in [-0.1, -0.05) is 38.2 Å². The zero-order valence-corrected chi connectivity index (χ0v) is 20.2. The van der Waals surface area contributed by atoms with Gasteiger partial charge in [0.2, 0.25) is 11.8 Å². The number of ether oxygens (including phenoxy) is 2. The molecule has 8 nitrogen and oxygen atoms in total. The highest BCUT2D eigenvalue weighted by molar-refractivity contribution is 5.99. The van der Waals surface area contributed by atoms with Gasteiger partial charge in [-0.15, -0.1) is 0 Å². The highest BCUT2D eigenvalue weighted by Gasteiger charge is 2.72. The first kappa shape index (κ1) is 24.0. The molecular formula is C25H36N2O6. The van der Waals surface area contributed by atoms with Crippen molar-refractivity contribution in [2.45, 2.75) is 76.8 Å². The Hall–Kier alpha value is -2.19. The third-order valence-electron chi connectivity index (χ3n) is 7.22. The number of esters is 1. The van der Waals surface area contributed by atoms with E-state index in [0.717, 1.165) is 0 Å². The van der Waals surface area contributed by atoms with Crippen LogP contribution in [0.1, 0.15) is 47.5 Å². The third-order valence-corrected chi connectivity index (χ3v) is 7.22. The molecule has 1 unspecified atom stereocenters. The van der Waals surface area contributed by atoms with Gasteiger partial charge in [0.05, 0.1) is 31.3 Å². The first-order chi connectivity index (χ1) is 15.5. The van der Waals surface area contributed by atoms with E-state index in [2.05, 4.69) is 0 Å². The van der Waals surface area contributed by atoms with Crippen LogP contribution < -0.4 is 0 Å². The summed E-state index contributed by atoms with van der Waals surface area (Å²) in [4.78, 5) is 44.4. The minimum atomic E-state index is -1.29. The highest BCUT2D eigenvalue weighted by Crippen LogP contribution is 2.54. The predicted octanol–water partition coefficient (Wildman–Crippen LogP) is 1.67. The number of aliphatic hydroxyl groups excluding tert-OH is 1. The molecule has 8 heteroatoms. The largest absolute Gasteiger partial charge is 0.465 e. The normalized spacial score (nSPS) is 35.1. The fourth-order valence-corrected chi connectivity index (χ4v) is 5.86.